The topological polar surface area (TPSA) is 35.0 Å². The van der Waals surface area contributed by atoms with Gasteiger partial charge in [0.1, 0.15) is 0 Å². The number of ether oxygens (including phenoxy) is 1. The predicted molar refractivity (Wildman–Crippen MR) is 46.8 cm³/mol. The third-order valence-electron chi connectivity index (χ3n) is 1.69. The van der Waals surface area contributed by atoms with E-state index in [1.54, 1.807) is 13.3 Å². The molecule has 0 saturated heterocycles. The van der Waals surface area contributed by atoms with Crippen LogP contribution in [0.5, 0.6) is 0 Å². The molecule has 1 rings (SSSR count). The fraction of sp³-hybridized carbons (Fsp3) is 0.556. The SMILES string of the molecule is COCc1cc(C(C)C)cnn1. The summed E-state index contributed by atoms with van der Waals surface area (Å²) in [5, 5.41) is 7.83. The molecule has 0 unspecified atom stereocenters. The Morgan fingerprint density at radius 1 is 1.50 bits per heavy atom. The van der Waals surface area contributed by atoms with Crippen molar-refractivity contribution >= 4 is 0 Å². The molecule has 0 saturated carbocycles. The Morgan fingerprint density at radius 3 is 2.83 bits per heavy atom. The summed E-state index contributed by atoms with van der Waals surface area (Å²) >= 11 is 0. The Balaban J connectivity index is 2.81. The molecular weight excluding hydrogens is 152 g/mol. The van der Waals surface area contributed by atoms with E-state index in [1.807, 2.05) is 6.07 Å². The first-order valence-corrected chi connectivity index (χ1v) is 4.04. The molecule has 0 aliphatic carbocycles. The number of methoxy groups -OCH3 is 1. The van der Waals surface area contributed by atoms with E-state index in [1.165, 1.54) is 5.56 Å². The molecule has 0 aliphatic heterocycles. The van der Waals surface area contributed by atoms with Gasteiger partial charge in [0.2, 0.25) is 0 Å². The van der Waals surface area contributed by atoms with E-state index >= 15 is 0 Å². The van der Waals surface area contributed by atoms with Gasteiger partial charge in [0.15, 0.2) is 0 Å². The average Bonchev–Trinajstić information content (AvgIpc) is 2.05. The number of aromatic nitrogens is 2. The lowest BCUT2D eigenvalue weighted by molar-refractivity contribution is 0.180. The second kappa shape index (κ2) is 4.16. The fourth-order valence-corrected chi connectivity index (χ4v) is 0.962. The first kappa shape index (κ1) is 9.13. The van der Waals surface area contributed by atoms with Gasteiger partial charge in [-0.25, -0.2) is 0 Å². The Kier molecular flexibility index (Phi) is 3.17. The van der Waals surface area contributed by atoms with Gasteiger partial charge in [-0.15, -0.1) is 0 Å². The van der Waals surface area contributed by atoms with Gasteiger partial charge in [0, 0.05) is 7.11 Å². The second-order valence-corrected chi connectivity index (χ2v) is 3.07. The second-order valence-electron chi connectivity index (χ2n) is 3.07. The largest absolute Gasteiger partial charge is 0.378 e. The van der Waals surface area contributed by atoms with E-state index in [-0.39, 0.29) is 0 Å². The highest BCUT2D eigenvalue weighted by Gasteiger charge is 2.01. The van der Waals surface area contributed by atoms with Gasteiger partial charge >= 0.3 is 0 Å². The Labute approximate surface area is 72.8 Å². The zero-order valence-corrected chi connectivity index (χ0v) is 7.74. The average molecular weight is 166 g/mol. The molecule has 12 heavy (non-hydrogen) atoms. The molecule has 0 amide bonds. The predicted octanol–water partition coefficient (Wildman–Crippen LogP) is 1.75. The molecule has 0 N–H and O–H groups in total. The third kappa shape index (κ3) is 2.27. The van der Waals surface area contributed by atoms with Gasteiger partial charge in [0.05, 0.1) is 18.5 Å². The molecule has 1 heterocycles. The maximum atomic E-state index is 4.96. The van der Waals surface area contributed by atoms with Gasteiger partial charge < -0.3 is 4.74 Å². The van der Waals surface area contributed by atoms with Crippen molar-refractivity contribution in [3.63, 3.8) is 0 Å². The molecule has 0 fully saturated rings. The molecule has 0 aromatic carbocycles. The van der Waals surface area contributed by atoms with E-state index < -0.39 is 0 Å². The highest BCUT2D eigenvalue weighted by Crippen LogP contribution is 2.12. The highest BCUT2D eigenvalue weighted by atomic mass is 16.5. The number of hydrogen-bond acceptors (Lipinski definition) is 3. The maximum Gasteiger partial charge on any atom is 0.0902 e. The molecular formula is C9H14N2O. The molecule has 1 aromatic heterocycles. The van der Waals surface area contributed by atoms with Crippen molar-refractivity contribution in [2.24, 2.45) is 0 Å². The standard InChI is InChI=1S/C9H14N2O/c1-7(2)8-4-9(6-12-3)11-10-5-8/h4-5,7H,6H2,1-3H3. The molecule has 3 nitrogen and oxygen atoms in total. The first-order chi connectivity index (χ1) is 5.74. The van der Waals surface area contributed by atoms with Crippen molar-refractivity contribution in [1.82, 2.24) is 10.2 Å². The van der Waals surface area contributed by atoms with Crippen LogP contribution >= 0.6 is 0 Å². The van der Waals surface area contributed by atoms with E-state index in [4.69, 9.17) is 4.74 Å². The van der Waals surface area contributed by atoms with Crippen LogP contribution in [0, 0.1) is 0 Å². The van der Waals surface area contributed by atoms with Crippen molar-refractivity contribution in [2.45, 2.75) is 26.4 Å². The number of nitrogens with zero attached hydrogens (tertiary/aromatic N) is 2. The number of hydrogen-bond donors (Lipinski definition) is 0. The van der Waals surface area contributed by atoms with Gasteiger partial charge in [-0.3, -0.25) is 0 Å². The number of rotatable bonds is 3. The van der Waals surface area contributed by atoms with Crippen LogP contribution in [0.2, 0.25) is 0 Å². The van der Waals surface area contributed by atoms with E-state index in [0.29, 0.717) is 12.5 Å². The smallest absolute Gasteiger partial charge is 0.0902 e. The molecule has 0 aliphatic rings. The van der Waals surface area contributed by atoms with Crippen LogP contribution in [0.4, 0.5) is 0 Å². The van der Waals surface area contributed by atoms with Crippen LogP contribution in [-0.4, -0.2) is 17.3 Å². The molecule has 0 bridgehead atoms. The molecule has 0 radical (unpaired) electrons. The summed E-state index contributed by atoms with van der Waals surface area (Å²) in [5.41, 5.74) is 2.10. The minimum absolute atomic E-state index is 0.496. The Morgan fingerprint density at radius 2 is 2.25 bits per heavy atom. The zero-order chi connectivity index (χ0) is 8.97. The van der Waals surface area contributed by atoms with Gasteiger partial charge in [-0.05, 0) is 17.5 Å². The normalized spacial score (nSPS) is 10.7. The summed E-state index contributed by atoms with van der Waals surface area (Å²) in [7, 11) is 1.66. The van der Waals surface area contributed by atoms with E-state index in [2.05, 4.69) is 24.0 Å². The third-order valence-corrected chi connectivity index (χ3v) is 1.69. The van der Waals surface area contributed by atoms with Crippen molar-refractivity contribution in [2.75, 3.05) is 7.11 Å². The lowest BCUT2D eigenvalue weighted by Crippen LogP contribution is -1.98. The minimum atomic E-state index is 0.496. The Bertz CT molecular complexity index is 248. The zero-order valence-electron chi connectivity index (χ0n) is 7.74. The molecule has 1 aromatic rings. The highest BCUT2D eigenvalue weighted by molar-refractivity contribution is 5.15. The van der Waals surface area contributed by atoms with Crippen LogP contribution in [0.3, 0.4) is 0 Å². The molecule has 3 heteroatoms. The maximum absolute atomic E-state index is 4.96. The molecule has 0 atom stereocenters. The van der Waals surface area contributed by atoms with Gasteiger partial charge in [-0.2, -0.15) is 10.2 Å². The summed E-state index contributed by atoms with van der Waals surface area (Å²) in [6.07, 6.45) is 1.80. The van der Waals surface area contributed by atoms with Crippen LogP contribution in [0.25, 0.3) is 0 Å². The summed E-state index contributed by atoms with van der Waals surface area (Å²) in [6, 6.07) is 2.03. The summed E-state index contributed by atoms with van der Waals surface area (Å²) in [4.78, 5) is 0. The lowest BCUT2D eigenvalue weighted by atomic mass is 10.1. The summed E-state index contributed by atoms with van der Waals surface area (Å²) in [6.45, 7) is 4.80. The summed E-state index contributed by atoms with van der Waals surface area (Å²) < 4.78 is 4.96. The van der Waals surface area contributed by atoms with Crippen molar-refractivity contribution < 1.29 is 4.74 Å². The van der Waals surface area contributed by atoms with E-state index in [0.717, 1.165) is 5.69 Å². The van der Waals surface area contributed by atoms with Crippen LogP contribution < -0.4 is 0 Å². The van der Waals surface area contributed by atoms with E-state index in [9.17, 15) is 0 Å². The lowest BCUT2D eigenvalue weighted by Gasteiger charge is -2.04. The monoisotopic (exact) mass is 166 g/mol. The van der Waals surface area contributed by atoms with Crippen molar-refractivity contribution in [3.8, 4) is 0 Å². The van der Waals surface area contributed by atoms with Gasteiger partial charge in [-0.1, -0.05) is 13.8 Å². The minimum Gasteiger partial charge on any atom is -0.378 e. The quantitative estimate of drug-likeness (QED) is 0.686. The van der Waals surface area contributed by atoms with Crippen LogP contribution in [-0.2, 0) is 11.3 Å². The Hall–Kier alpha value is -0.960. The van der Waals surface area contributed by atoms with Crippen LogP contribution in [0.1, 0.15) is 31.0 Å². The fourth-order valence-electron chi connectivity index (χ4n) is 0.962. The van der Waals surface area contributed by atoms with Crippen molar-refractivity contribution in [3.05, 3.63) is 23.5 Å². The van der Waals surface area contributed by atoms with Crippen LogP contribution in [0.15, 0.2) is 12.3 Å². The van der Waals surface area contributed by atoms with Gasteiger partial charge in [0.25, 0.3) is 0 Å². The van der Waals surface area contributed by atoms with Crippen molar-refractivity contribution in [1.29, 1.82) is 0 Å². The summed E-state index contributed by atoms with van der Waals surface area (Å²) in [5.74, 6) is 0.496. The molecule has 0 spiro atoms. The first-order valence-electron chi connectivity index (χ1n) is 4.04. The molecule has 66 valence electrons.